The number of halogens is 3. The van der Waals surface area contributed by atoms with Gasteiger partial charge in [-0.2, -0.15) is 13.2 Å². The SMILES string of the molecule is COc1ccc(-c2ccc(C)c(NS(=O)(=O)c3ccnc(C(F)(F)F)c3)c2)nc1. The van der Waals surface area contributed by atoms with Gasteiger partial charge in [0.1, 0.15) is 11.4 Å². The zero-order chi connectivity index (χ0) is 21.2. The molecule has 0 radical (unpaired) electrons. The van der Waals surface area contributed by atoms with E-state index in [9.17, 15) is 21.6 Å². The maximum atomic E-state index is 12.8. The van der Waals surface area contributed by atoms with E-state index >= 15 is 0 Å². The van der Waals surface area contributed by atoms with Crippen molar-refractivity contribution in [3.63, 3.8) is 0 Å². The lowest BCUT2D eigenvalue weighted by Crippen LogP contribution is -2.16. The minimum absolute atomic E-state index is 0.227. The highest BCUT2D eigenvalue weighted by Crippen LogP contribution is 2.30. The molecular formula is C19H16F3N3O3S. The van der Waals surface area contributed by atoms with Crippen LogP contribution in [-0.2, 0) is 16.2 Å². The Hall–Kier alpha value is -3.14. The normalized spacial score (nSPS) is 11.9. The average Bonchev–Trinajstić information content (AvgIpc) is 2.69. The quantitative estimate of drug-likeness (QED) is 0.663. The molecule has 0 fully saturated rings. The van der Waals surface area contributed by atoms with Crippen LogP contribution in [0.1, 0.15) is 11.3 Å². The summed E-state index contributed by atoms with van der Waals surface area (Å²) in [5, 5.41) is 0. The van der Waals surface area contributed by atoms with E-state index in [0.29, 0.717) is 28.6 Å². The van der Waals surface area contributed by atoms with Gasteiger partial charge in [0, 0.05) is 11.8 Å². The largest absolute Gasteiger partial charge is 0.495 e. The Kier molecular flexibility index (Phi) is 5.47. The van der Waals surface area contributed by atoms with Gasteiger partial charge in [0.25, 0.3) is 10.0 Å². The van der Waals surface area contributed by atoms with Gasteiger partial charge < -0.3 is 4.74 Å². The third-order valence-electron chi connectivity index (χ3n) is 4.08. The summed E-state index contributed by atoms with van der Waals surface area (Å²) in [7, 11) is -2.75. The summed E-state index contributed by atoms with van der Waals surface area (Å²) in [5.74, 6) is 0.569. The third-order valence-corrected chi connectivity index (χ3v) is 5.45. The molecule has 3 rings (SSSR count). The van der Waals surface area contributed by atoms with E-state index in [0.717, 1.165) is 12.3 Å². The van der Waals surface area contributed by atoms with E-state index in [1.165, 1.54) is 13.3 Å². The summed E-state index contributed by atoms with van der Waals surface area (Å²) in [6, 6.07) is 9.92. The number of nitrogens with one attached hydrogen (secondary N) is 1. The number of aryl methyl sites for hydroxylation is 1. The van der Waals surface area contributed by atoms with Gasteiger partial charge in [-0.3, -0.25) is 14.7 Å². The smallest absolute Gasteiger partial charge is 0.433 e. The summed E-state index contributed by atoms with van der Waals surface area (Å²) in [6.07, 6.45) is -2.42. The molecule has 1 aromatic carbocycles. The van der Waals surface area contributed by atoms with Crippen LogP contribution in [0.5, 0.6) is 5.75 Å². The minimum atomic E-state index is -4.75. The van der Waals surface area contributed by atoms with Crippen molar-refractivity contribution in [3.8, 4) is 17.0 Å². The van der Waals surface area contributed by atoms with Crippen LogP contribution in [0.3, 0.4) is 0 Å². The van der Waals surface area contributed by atoms with Crippen LogP contribution in [-0.4, -0.2) is 25.5 Å². The number of anilines is 1. The Morgan fingerprint density at radius 3 is 2.41 bits per heavy atom. The molecule has 6 nitrogen and oxygen atoms in total. The van der Waals surface area contributed by atoms with E-state index in [4.69, 9.17) is 4.74 Å². The first-order chi connectivity index (χ1) is 13.6. The van der Waals surface area contributed by atoms with Crippen LogP contribution in [0, 0.1) is 6.92 Å². The maximum absolute atomic E-state index is 12.8. The Labute approximate surface area is 165 Å². The Bertz CT molecular complexity index is 1130. The fourth-order valence-electron chi connectivity index (χ4n) is 2.50. The molecule has 1 N–H and O–H groups in total. The van der Waals surface area contributed by atoms with Crippen molar-refractivity contribution in [2.24, 2.45) is 0 Å². The van der Waals surface area contributed by atoms with Crippen molar-refractivity contribution in [3.05, 3.63) is 66.1 Å². The number of methoxy groups -OCH3 is 1. The van der Waals surface area contributed by atoms with Crippen molar-refractivity contribution in [1.82, 2.24) is 9.97 Å². The van der Waals surface area contributed by atoms with Crippen LogP contribution in [0.15, 0.2) is 59.8 Å². The average molecular weight is 423 g/mol. The monoisotopic (exact) mass is 423 g/mol. The van der Waals surface area contributed by atoms with E-state index in [1.54, 1.807) is 37.3 Å². The fraction of sp³-hybridized carbons (Fsp3) is 0.158. The molecule has 3 aromatic rings. The van der Waals surface area contributed by atoms with Crippen molar-refractivity contribution in [2.45, 2.75) is 18.0 Å². The van der Waals surface area contributed by atoms with Crippen molar-refractivity contribution >= 4 is 15.7 Å². The predicted molar refractivity (Wildman–Crippen MR) is 101 cm³/mol. The second kappa shape index (κ2) is 7.70. The highest BCUT2D eigenvalue weighted by molar-refractivity contribution is 7.92. The highest BCUT2D eigenvalue weighted by Gasteiger charge is 2.33. The summed E-state index contributed by atoms with van der Waals surface area (Å²) < 4.78 is 71.2. The van der Waals surface area contributed by atoms with Crippen LogP contribution in [0.4, 0.5) is 18.9 Å². The lowest BCUT2D eigenvalue weighted by molar-refractivity contribution is -0.141. The second-order valence-corrected chi connectivity index (χ2v) is 7.78. The number of benzene rings is 1. The number of ether oxygens (including phenoxy) is 1. The molecule has 0 aliphatic carbocycles. The Morgan fingerprint density at radius 1 is 1.03 bits per heavy atom. The molecule has 0 unspecified atom stereocenters. The first-order valence-electron chi connectivity index (χ1n) is 8.27. The van der Waals surface area contributed by atoms with Gasteiger partial charge in [-0.15, -0.1) is 0 Å². The number of nitrogens with zero attached hydrogens (tertiary/aromatic N) is 2. The number of sulfonamides is 1. The zero-order valence-electron chi connectivity index (χ0n) is 15.4. The number of hydrogen-bond donors (Lipinski definition) is 1. The third kappa shape index (κ3) is 4.65. The molecule has 10 heteroatoms. The molecule has 0 aliphatic heterocycles. The van der Waals surface area contributed by atoms with Crippen LogP contribution in [0.2, 0.25) is 0 Å². The molecule has 0 atom stereocenters. The van der Waals surface area contributed by atoms with Gasteiger partial charge in [0.15, 0.2) is 0 Å². The number of aromatic nitrogens is 2. The van der Waals surface area contributed by atoms with Gasteiger partial charge in [-0.25, -0.2) is 8.42 Å². The molecule has 0 spiro atoms. The van der Waals surface area contributed by atoms with E-state index in [-0.39, 0.29) is 5.69 Å². The van der Waals surface area contributed by atoms with Crippen molar-refractivity contribution < 1.29 is 26.3 Å². The Balaban J connectivity index is 1.95. The van der Waals surface area contributed by atoms with E-state index in [2.05, 4.69) is 14.7 Å². The first kappa shape index (κ1) is 20.6. The molecule has 29 heavy (non-hydrogen) atoms. The molecule has 0 saturated heterocycles. The zero-order valence-corrected chi connectivity index (χ0v) is 16.2. The first-order valence-corrected chi connectivity index (χ1v) is 9.75. The van der Waals surface area contributed by atoms with Crippen LogP contribution < -0.4 is 9.46 Å². The maximum Gasteiger partial charge on any atom is 0.433 e. The van der Waals surface area contributed by atoms with E-state index < -0.39 is 26.8 Å². The van der Waals surface area contributed by atoms with Gasteiger partial charge >= 0.3 is 6.18 Å². The molecule has 2 heterocycles. The number of pyridine rings is 2. The number of alkyl halides is 3. The summed E-state index contributed by atoms with van der Waals surface area (Å²) in [6.45, 7) is 1.68. The fourth-order valence-corrected chi connectivity index (χ4v) is 3.63. The van der Waals surface area contributed by atoms with Gasteiger partial charge in [0.2, 0.25) is 0 Å². The predicted octanol–water partition coefficient (Wildman–Crippen LogP) is 4.28. The number of hydrogen-bond acceptors (Lipinski definition) is 5. The summed E-state index contributed by atoms with van der Waals surface area (Å²) >= 11 is 0. The molecular weight excluding hydrogens is 407 g/mol. The lowest BCUT2D eigenvalue weighted by atomic mass is 10.1. The summed E-state index contributed by atoms with van der Waals surface area (Å²) in [4.78, 5) is 6.89. The lowest BCUT2D eigenvalue weighted by Gasteiger charge is -2.13. The second-order valence-electron chi connectivity index (χ2n) is 6.09. The topological polar surface area (TPSA) is 81.2 Å². The number of rotatable bonds is 5. The molecule has 0 bridgehead atoms. The van der Waals surface area contributed by atoms with E-state index in [1.807, 2.05) is 0 Å². The molecule has 2 aromatic heterocycles. The molecule has 152 valence electrons. The van der Waals surface area contributed by atoms with Crippen LogP contribution >= 0.6 is 0 Å². The van der Waals surface area contributed by atoms with Gasteiger partial charge in [-0.1, -0.05) is 12.1 Å². The molecule has 0 saturated carbocycles. The Morgan fingerprint density at radius 2 is 1.79 bits per heavy atom. The van der Waals surface area contributed by atoms with Crippen molar-refractivity contribution in [1.29, 1.82) is 0 Å². The van der Waals surface area contributed by atoms with Gasteiger partial charge in [0.05, 0.1) is 29.6 Å². The molecule has 0 amide bonds. The highest BCUT2D eigenvalue weighted by atomic mass is 32.2. The standard InChI is InChI=1S/C19H16F3N3O3S/c1-12-3-4-13(16-6-5-14(28-2)11-24-16)9-17(12)25-29(26,27)15-7-8-23-18(10-15)19(20,21)22/h3-11,25H,1-2H3. The summed E-state index contributed by atoms with van der Waals surface area (Å²) in [5.41, 5.74) is 0.742. The van der Waals surface area contributed by atoms with Crippen molar-refractivity contribution in [2.75, 3.05) is 11.8 Å². The minimum Gasteiger partial charge on any atom is -0.495 e. The van der Waals surface area contributed by atoms with Crippen LogP contribution in [0.25, 0.3) is 11.3 Å². The molecule has 0 aliphatic rings. The van der Waals surface area contributed by atoms with Gasteiger partial charge in [-0.05, 0) is 42.8 Å².